The molecule has 4 unspecified atom stereocenters. The molecule has 0 bridgehead atoms. The molecular formula is C49H65NO3Si2. The van der Waals surface area contributed by atoms with Crippen LogP contribution >= 0.6 is 0 Å². The van der Waals surface area contributed by atoms with Crippen LogP contribution < -0.4 is 26.1 Å². The second-order valence-corrected chi connectivity index (χ2v) is 26.7. The van der Waals surface area contributed by atoms with Crippen molar-refractivity contribution in [2.45, 2.75) is 128 Å². The molecule has 0 radical (unpaired) electrons. The topological polar surface area (TPSA) is 47.6 Å². The van der Waals surface area contributed by atoms with Gasteiger partial charge in [0.25, 0.3) is 16.6 Å². The molecule has 1 amide bonds. The van der Waals surface area contributed by atoms with Gasteiger partial charge in [0, 0.05) is 17.9 Å². The number of carbonyl (C=O) groups excluding carboxylic acids is 1. The molecule has 1 aliphatic heterocycles. The first-order valence-electron chi connectivity index (χ1n) is 20.9. The molecule has 6 rings (SSSR count). The van der Waals surface area contributed by atoms with Gasteiger partial charge in [0.1, 0.15) is 0 Å². The van der Waals surface area contributed by atoms with E-state index in [9.17, 15) is 4.79 Å². The van der Waals surface area contributed by atoms with E-state index in [2.05, 4.69) is 194 Å². The molecule has 6 heteroatoms. The van der Waals surface area contributed by atoms with Crippen molar-refractivity contribution in [1.29, 1.82) is 0 Å². The summed E-state index contributed by atoms with van der Waals surface area (Å²) in [6, 6.07) is 44.0. The van der Waals surface area contributed by atoms with Gasteiger partial charge in [-0.1, -0.05) is 208 Å². The highest BCUT2D eigenvalue weighted by Crippen LogP contribution is 2.52. The second kappa shape index (κ2) is 16.9. The molecule has 1 saturated carbocycles. The zero-order valence-corrected chi connectivity index (χ0v) is 36.7. The van der Waals surface area contributed by atoms with Gasteiger partial charge >= 0.3 is 0 Å². The Kier molecular flexibility index (Phi) is 12.6. The summed E-state index contributed by atoms with van der Waals surface area (Å²) < 4.78 is 15.8. The van der Waals surface area contributed by atoms with Gasteiger partial charge in [-0.05, 0) is 56.0 Å². The molecule has 1 heterocycles. The average molecular weight is 772 g/mol. The quantitative estimate of drug-likeness (QED) is 0.0745. The van der Waals surface area contributed by atoms with Gasteiger partial charge in [-0.2, -0.15) is 0 Å². The Morgan fingerprint density at radius 2 is 1.16 bits per heavy atom. The minimum absolute atomic E-state index is 0.0528. The molecule has 5 atom stereocenters. The number of fused-ring (bicyclic) bond motifs is 1. The van der Waals surface area contributed by atoms with Gasteiger partial charge in [0.15, 0.2) is 0 Å². The van der Waals surface area contributed by atoms with Crippen LogP contribution in [0.25, 0.3) is 0 Å². The number of hydrogen-bond acceptors (Lipinski definition) is 3. The van der Waals surface area contributed by atoms with Gasteiger partial charge in [0.05, 0.1) is 12.2 Å². The maximum Gasteiger partial charge on any atom is 0.261 e. The molecule has 1 saturated heterocycles. The number of unbranched alkanes of at least 4 members (excludes halogenated alkanes) is 2. The summed E-state index contributed by atoms with van der Waals surface area (Å²) in [7, 11) is -5.69. The van der Waals surface area contributed by atoms with E-state index >= 15 is 0 Å². The van der Waals surface area contributed by atoms with Crippen LogP contribution in [0.1, 0.15) is 100 Å². The zero-order chi connectivity index (χ0) is 39.3. The minimum Gasteiger partial charge on any atom is -0.404 e. The van der Waals surface area contributed by atoms with Crippen LogP contribution in [0.15, 0.2) is 133 Å². The number of nitrogens with one attached hydrogen (secondary N) is 1. The third-order valence-electron chi connectivity index (χ3n) is 12.7. The predicted octanol–water partition coefficient (Wildman–Crippen LogP) is 9.32. The SMILES string of the molecule is CCCCC[C@@H](C=CC1C(O[Si](c2ccccc2)(c2ccccc2)C(C)(C)C)CC2(CC)NC(=O)CC12)O[Si](c1ccccc1)(c1ccccc1)C(C)(C)C. The van der Waals surface area contributed by atoms with E-state index in [4.69, 9.17) is 8.85 Å². The maximum atomic E-state index is 13.3. The molecule has 4 nitrogen and oxygen atoms in total. The third-order valence-corrected chi connectivity index (χ3v) is 22.8. The number of hydrogen-bond donors (Lipinski definition) is 1. The van der Waals surface area contributed by atoms with Gasteiger partial charge < -0.3 is 14.2 Å². The summed E-state index contributed by atoms with van der Waals surface area (Å²) in [6.45, 7) is 18.7. The highest BCUT2D eigenvalue weighted by molar-refractivity contribution is 7.00. The Hall–Kier alpha value is -3.56. The lowest BCUT2D eigenvalue weighted by molar-refractivity contribution is -0.120. The number of amides is 1. The van der Waals surface area contributed by atoms with Crippen molar-refractivity contribution in [3.8, 4) is 0 Å². The van der Waals surface area contributed by atoms with Gasteiger partial charge in [-0.15, -0.1) is 0 Å². The minimum atomic E-state index is -2.87. The molecule has 2 aliphatic rings. The van der Waals surface area contributed by atoms with Crippen molar-refractivity contribution in [1.82, 2.24) is 5.32 Å². The summed E-state index contributed by atoms with van der Waals surface area (Å²) in [6.07, 6.45) is 11.3. The standard InChI is InChI=1S/C49H65NO3Si2/c1-9-11-16-25-38(52-54(47(3,4)5,39-26-17-12-18-27-39)40-28-19-13-20-29-40)34-35-43-44-36-46(51)50-49(44,10-2)37-45(43)53-55(48(6,7)8,41-30-21-14-22-31-41)42-32-23-15-24-33-42/h12-15,17-24,26-35,38,43-45H,9-11,16,25,36-37H2,1-8H3,(H,50,51)/t38-,43?,44?,45?,49?/m0/s1. The van der Waals surface area contributed by atoms with E-state index < -0.39 is 16.6 Å². The average Bonchev–Trinajstić information content (AvgIpc) is 3.65. The third kappa shape index (κ3) is 8.03. The summed E-state index contributed by atoms with van der Waals surface area (Å²) in [5.74, 6) is 0.364. The summed E-state index contributed by atoms with van der Waals surface area (Å²) in [4.78, 5) is 13.3. The van der Waals surface area contributed by atoms with Gasteiger partial charge in [0.2, 0.25) is 5.91 Å². The van der Waals surface area contributed by atoms with Crippen molar-refractivity contribution in [2.24, 2.45) is 11.8 Å². The Labute approximate surface area is 334 Å². The molecule has 0 aromatic heterocycles. The number of carbonyl (C=O) groups is 1. The number of rotatable bonds is 15. The van der Waals surface area contributed by atoms with E-state index in [1.54, 1.807) is 0 Å². The molecular weight excluding hydrogens is 707 g/mol. The van der Waals surface area contributed by atoms with Crippen LogP contribution in [0, 0.1) is 11.8 Å². The lowest BCUT2D eigenvalue weighted by Gasteiger charge is -2.46. The van der Waals surface area contributed by atoms with Crippen LogP contribution in [0.2, 0.25) is 10.1 Å². The predicted molar refractivity (Wildman–Crippen MR) is 236 cm³/mol. The Balaban J connectivity index is 1.48. The molecule has 1 N–H and O–H groups in total. The van der Waals surface area contributed by atoms with Crippen molar-refractivity contribution in [3.63, 3.8) is 0 Å². The first-order chi connectivity index (χ1) is 26.3. The Morgan fingerprint density at radius 3 is 1.58 bits per heavy atom. The van der Waals surface area contributed by atoms with E-state index in [0.29, 0.717) is 6.42 Å². The molecule has 2 fully saturated rings. The zero-order valence-electron chi connectivity index (χ0n) is 34.7. The normalized spacial score (nSPS) is 22.5. The van der Waals surface area contributed by atoms with Crippen molar-refractivity contribution in [2.75, 3.05) is 0 Å². The first-order valence-corrected chi connectivity index (χ1v) is 24.7. The fourth-order valence-electron chi connectivity index (χ4n) is 10.0. The molecule has 4 aromatic carbocycles. The maximum absolute atomic E-state index is 13.3. The number of benzene rings is 4. The summed E-state index contributed by atoms with van der Waals surface area (Å²) in [5, 5.41) is 8.40. The molecule has 1 aliphatic carbocycles. The lowest BCUT2D eigenvalue weighted by atomic mass is 9.82. The van der Waals surface area contributed by atoms with E-state index in [-0.39, 0.29) is 45.6 Å². The molecule has 292 valence electrons. The Bertz CT molecular complexity index is 1770. The highest BCUT2D eigenvalue weighted by atomic mass is 28.4. The van der Waals surface area contributed by atoms with E-state index in [0.717, 1.165) is 38.5 Å². The van der Waals surface area contributed by atoms with Crippen LogP contribution in [-0.4, -0.2) is 40.3 Å². The van der Waals surface area contributed by atoms with Gasteiger partial charge in [-0.25, -0.2) is 0 Å². The van der Waals surface area contributed by atoms with Crippen LogP contribution in [0.4, 0.5) is 0 Å². The van der Waals surface area contributed by atoms with Crippen molar-refractivity contribution >= 4 is 43.3 Å². The van der Waals surface area contributed by atoms with Crippen LogP contribution in [-0.2, 0) is 13.6 Å². The molecule has 55 heavy (non-hydrogen) atoms. The van der Waals surface area contributed by atoms with Crippen molar-refractivity contribution < 1.29 is 13.6 Å². The van der Waals surface area contributed by atoms with Crippen LogP contribution in [0.5, 0.6) is 0 Å². The van der Waals surface area contributed by atoms with E-state index in [1.165, 1.54) is 20.7 Å². The first kappa shape index (κ1) is 41.1. The highest BCUT2D eigenvalue weighted by Gasteiger charge is 2.61. The smallest absolute Gasteiger partial charge is 0.261 e. The molecule has 4 aromatic rings. The van der Waals surface area contributed by atoms with E-state index in [1.807, 2.05) is 0 Å². The van der Waals surface area contributed by atoms with Crippen LogP contribution in [0.3, 0.4) is 0 Å². The summed E-state index contributed by atoms with van der Waals surface area (Å²) in [5.41, 5.74) is -0.293. The van der Waals surface area contributed by atoms with Gasteiger partial charge in [-0.3, -0.25) is 4.79 Å². The largest absolute Gasteiger partial charge is 0.404 e. The summed E-state index contributed by atoms with van der Waals surface area (Å²) >= 11 is 0. The fourth-order valence-corrected chi connectivity index (χ4v) is 19.4. The second-order valence-electron chi connectivity index (χ2n) is 18.2. The monoisotopic (exact) mass is 771 g/mol. The Morgan fingerprint density at radius 1 is 0.709 bits per heavy atom. The fraction of sp³-hybridized carbons (Fsp3) is 0.449. The molecule has 0 spiro atoms. The van der Waals surface area contributed by atoms with Crippen molar-refractivity contribution in [3.05, 3.63) is 133 Å². The lowest BCUT2D eigenvalue weighted by Crippen LogP contribution is -2.68.